The zero-order valence-electron chi connectivity index (χ0n) is 21.3. The van der Waals surface area contributed by atoms with E-state index in [-0.39, 0.29) is 36.1 Å². The molecule has 2 aliphatic rings. The Morgan fingerprint density at radius 1 is 1.12 bits per heavy atom. The van der Waals surface area contributed by atoms with Gasteiger partial charge in [0.05, 0.1) is 12.2 Å². The Kier molecular flexibility index (Phi) is 11.5. The van der Waals surface area contributed by atoms with Crippen LogP contribution in [0.4, 0.5) is 0 Å². The maximum absolute atomic E-state index is 12.5. The van der Waals surface area contributed by atoms with Gasteiger partial charge in [-0.3, -0.25) is 4.79 Å². The molecule has 4 heteroatoms. The van der Waals surface area contributed by atoms with Crippen molar-refractivity contribution in [2.75, 3.05) is 0 Å². The highest BCUT2D eigenvalue weighted by Gasteiger charge is 2.43. The minimum Gasteiger partial charge on any atom is -0.392 e. The number of carbonyl (C=O) groups excluding carboxylic acids is 1. The number of fused-ring (bicyclic) bond motifs is 1. The van der Waals surface area contributed by atoms with E-state index in [9.17, 15) is 15.0 Å². The number of hydrogen-bond donors (Lipinski definition) is 2. The van der Waals surface area contributed by atoms with Gasteiger partial charge in [-0.2, -0.15) is 0 Å². The summed E-state index contributed by atoms with van der Waals surface area (Å²) >= 11 is 0. The second kappa shape index (κ2) is 13.5. The van der Waals surface area contributed by atoms with E-state index in [0.29, 0.717) is 18.3 Å². The van der Waals surface area contributed by atoms with Crippen molar-refractivity contribution in [2.45, 2.75) is 130 Å². The summed E-state index contributed by atoms with van der Waals surface area (Å²) in [6.45, 7) is 10.5. The molecule has 0 bridgehead atoms. The van der Waals surface area contributed by atoms with Gasteiger partial charge in [-0.05, 0) is 78.1 Å². The molecule has 1 saturated carbocycles. The molecular weight excluding hydrogens is 398 g/mol. The van der Waals surface area contributed by atoms with Crippen LogP contribution >= 0.6 is 0 Å². The van der Waals surface area contributed by atoms with Gasteiger partial charge in [0.2, 0.25) is 5.91 Å². The zero-order chi connectivity index (χ0) is 23.7. The van der Waals surface area contributed by atoms with Crippen LogP contribution in [-0.4, -0.2) is 45.3 Å². The Hall–Kier alpha value is -1.13. The smallest absolute Gasteiger partial charge is 0.223 e. The van der Waals surface area contributed by atoms with E-state index >= 15 is 0 Å². The fourth-order valence-corrected chi connectivity index (χ4v) is 5.85. The van der Waals surface area contributed by atoms with Crippen LogP contribution in [0, 0.1) is 17.8 Å². The number of hydrogen-bond acceptors (Lipinski definition) is 3. The predicted octanol–water partition coefficient (Wildman–Crippen LogP) is 6.02. The molecule has 0 saturated heterocycles. The fourth-order valence-electron chi connectivity index (χ4n) is 5.85. The van der Waals surface area contributed by atoms with Crippen LogP contribution in [0.25, 0.3) is 0 Å². The standard InChI is InChI=1S/C28H49NO3/c1-6-7-9-13-24(30)15-16-25-26-18-22(17-23(26)19-27(25)31)12-10-8-11-14-28(32)29(20(2)3)21(4)5/h15-17,20-21,23-27,30-31H,6-14,18-19H2,1-5H3/t23-,24-,25+,26-,27+/m0/s1. The Morgan fingerprint density at radius 3 is 2.50 bits per heavy atom. The van der Waals surface area contributed by atoms with Crippen molar-refractivity contribution in [2.24, 2.45) is 17.8 Å². The van der Waals surface area contributed by atoms with Crippen LogP contribution < -0.4 is 0 Å². The number of aliphatic hydroxyl groups excluding tert-OH is 2. The highest BCUT2D eigenvalue weighted by Crippen LogP contribution is 2.48. The highest BCUT2D eigenvalue weighted by molar-refractivity contribution is 5.76. The molecule has 0 unspecified atom stereocenters. The molecular formula is C28H49NO3. The average Bonchev–Trinajstić information content (AvgIpc) is 3.22. The molecule has 0 aliphatic heterocycles. The van der Waals surface area contributed by atoms with E-state index in [1.807, 2.05) is 11.0 Å². The fraction of sp³-hybridized carbons (Fsp3) is 0.821. The molecule has 0 aromatic rings. The molecule has 184 valence electrons. The maximum Gasteiger partial charge on any atom is 0.223 e. The lowest BCUT2D eigenvalue weighted by atomic mass is 9.88. The number of allylic oxidation sites excluding steroid dienone is 2. The Bertz CT molecular complexity index is 616. The lowest BCUT2D eigenvalue weighted by Gasteiger charge is -2.30. The van der Waals surface area contributed by atoms with Crippen molar-refractivity contribution in [1.29, 1.82) is 0 Å². The largest absolute Gasteiger partial charge is 0.392 e. The Labute approximate surface area is 197 Å². The van der Waals surface area contributed by atoms with Crippen LogP contribution in [0.3, 0.4) is 0 Å². The molecule has 0 aromatic heterocycles. The van der Waals surface area contributed by atoms with Crippen LogP contribution in [0.5, 0.6) is 0 Å². The number of amides is 1. The second-order valence-electron chi connectivity index (χ2n) is 10.7. The van der Waals surface area contributed by atoms with Crippen LogP contribution in [0.2, 0.25) is 0 Å². The quantitative estimate of drug-likeness (QED) is 0.253. The van der Waals surface area contributed by atoms with Crippen molar-refractivity contribution in [3.05, 3.63) is 23.8 Å². The summed E-state index contributed by atoms with van der Waals surface area (Å²) in [4.78, 5) is 14.5. The van der Waals surface area contributed by atoms with Crippen molar-refractivity contribution in [1.82, 2.24) is 4.90 Å². The third kappa shape index (κ3) is 8.02. The van der Waals surface area contributed by atoms with Gasteiger partial charge in [0.25, 0.3) is 0 Å². The molecule has 0 heterocycles. The molecule has 0 spiro atoms. The summed E-state index contributed by atoms with van der Waals surface area (Å²) in [5.74, 6) is 1.43. The molecule has 4 nitrogen and oxygen atoms in total. The molecule has 1 fully saturated rings. The maximum atomic E-state index is 12.5. The Balaban J connectivity index is 1.71. The van der Waals surface area contributed by atoms with Crippen molar-refractivity contribution in [3.63, 3.8) is 0 Å². The molecule has 0 radical (unpaired) electrons. The van der Waals surface area contributed by atoms with Crippen LogP contribution in [-0.2, 0) is 4.79 Å². The SMILES string of the molecule is CCCCC[C@H](O)C=C[C@@H]1[C@H]2CC(CCCCCC(=O)N(C(C)C)C(C)C)=C[C@H]2C[C@H]1O. The number of carbonyl (C=O) groups is 1. The van der Waals surface area contributed by atoms with Crippen molar-refractivity contribution >= 4 is 5.91 Å². The van der Waals surface area contributed by atoms with Gasteiger partial charge >= 0.3 is 0 Å². The number of aliphatic hydroxyl groups is 2. The number of nitrogens with zero attached hydrogens (tertiary/aromatic N) is 1. The van der Waals surface area contributed by atoms with Gasteiger partial charge in [-0.15, -0.1) is 0 Å². The molecule has 2 N–H and O–H groups in total. The highest BCUT2D eigenvalue weighted by atomic mass is 16.3. The van der Waals surface area contributed by atoms with Crippen molar-refractivity contribution in [3.8, 4) is 0 Å². The van der Waals surface area contributed by atoms with Gasteiger partial charge in [0.1, 0.15) is 0 Å². The van der Waals surface area contributed by atoms with Crippen molar-refractivity contribution < 1.29 is 15.0 Å². The van der Waals surface area contributed by atoms with E-state index < -0.39 is 0 Å². The topological polar surface area (TPSA) is 60.8 Å². The lowest BCUT2D eigenvalue weighted by Crippen LogP contribution is -2.41. The van der Waals surface area contributed by atoms with Gasteiger partial charge in [-0.25, -0.2) is 0 Å². The van der Waals surface area contributed by atoms with Crippen LogP contribution in [0.15, 0.2) is 23.8 Å². The predicted molar refractivity (Wildman–Crippen MR) is 133 cm³/mol. The first-order chi connectivity index (χ1) is 15.2. The molecule has 2 rings (SSSR count). The molecule has 1 amide bonds. The minimum absolute atomic E-state index is 0.172. The van der Waals surface area contributed by atoms with Gasteiger partial charge in [0.15, 0.2) is 0 Å². The monoisotopic (exact) mass is 447 g/mol. The first-order valence-electron chi connectivity index (χ1n) is 13.3. The molecule has 32 heavy (non-hydrogen) atoms. The number of rotatable bonds is 14. The van der Waals surface area contributed by atoms with Crippen LogP contribution in [0.1, 0.15) is 105 Å². The third-order valence-electron chi connectivity index (χ3n) is 7.40. The van der Waals surface area contributed by atoms with E-state index in [1.165, 1.54) is 12.0 Å². The normalized spacial score (nSPS) is 26.2. The van der Waals surface area contributed by atoms with Gasteiger partial charge < -0.3 is 15.1 Å². The van der Waals surface area contributed by atoms with E-state index in [4.69, 9.17) is 0 Å². The van der Waals surface area contributed by atoms with E-state index in [0.717, 1.165) is 57.8 Å². The van der Waals surface area contributed by atoms with Gasteiger partial charge in [-0.1, -0.05) is 56.4 Å². The zero-order valence-corrected chi connectivity index (χ0v) is 21.3. The minimum atomic E-state index is -0.383. The summed E-state index contributed by atoms with van der Waals surface area (Å²) in [6, 6.07) is 0.528. The van der Waals surface area contributed by atoms with Gasteiger partial charge in [0, 0.05) is 24.4 Å². The second-order valence-corrected chi connectivity index (χ2v) is 10.7. The Morgan fingerprint density at radius 2 is 1.84 bits per heavy atom. The third-order valence-corrected chi connectivity index (χ3v) is 7.40. The first-order valence-corrected chi connectivity index (χ1v) is 13.3. The summed E-state index contributed by atoms with van der Waals surface area (Å²) < 4.78 is 0. The molecule has 0 aromatic carbocycles. The number of unbranched alkanes of at least 4 members (excludes halogenated alkanes) is 4. The summed E-state index contributed by atoms with van der Waals surface area (Å²) in [5.41, 5.74) is 1.53. The molecule has 2 aliphatic carbocycles. The summed E-state index contributed by atoms with van der Waals surface area (Å²) in [5, 5.41) is 20.7. The first kappa shape index (κ1) is 27.1. The van der Waals surface area contributed by atoms with E-state index in [1.54, 1.807) is 0 Å². The lowest BCUT2D eigenvalue weighted by molar-refractivity contribution is -0.134. The summed E-state index contributed by atoms with van der Waals surface area (Å²) in [6.07, 6.45) is 16.9. The molecule has 5 atom stereocenters. The average molecular weight is 448 g/mol. The van der Waals surface area contributed by atoms with E-state index in [2.05, 4.69) is 46.8 Å². The summed E-state index contributed by atoms with van der Waals surface area (Å²) in [7, 11) is 0.